The Bertz CT molecular complexity index is 725. The summed E-state index contributed by atoms with van der Waals surface area (Å²) in [4.78, 5) is 32.3. The molecule has 9 aliphatic carbocycles. The van der Waals surface area contributed by atoms with Crippen LogP contribution in [0.25, 0.3) is 0 Å². The van der Waals surface area contributed by atoms with Crippen molar-refractivity contribution in [2.45, 2.75) is 115 Å². The molecular formula is C30H46N2O2. The molecule has 0 aliphatic heterocycles. The molecular weight excluding hydrogens is 420 g/mol. The van der Waals surface area contributed by atoms with E-state index in [0.717, 1.165) is 99.7 Å². The predicted molar refractivity (Wildman–Crippen MR) is 133 cm³/mol. The minimum absolute atomic E-state index is 0.0443. The highest BCUT2D eigenvalue weighted by Crippen LogP contribution is 2.62. The molecule has 0 radical (unpaired) electrons. The van der Waals surface area contributed by atoms with Crippen molar-refractivity contribution >= 4 is 11.8 Å². The van der Waals surface area contributed by atoms with Crippen LogP contribution < -0.4 is 0 Å². The molecule has 2 unspecified atom stereocenters. The monoisotopic (exact) mass is 466 g/mol. The molecule has 9 saturated carbocycles. The molecule has 9 aliphatic rings. The lowest BCUT2D eigenvalue weighted by molar-refractivity contribution is -0.162. The fourth-order valence-corrected chi connectivity index (χ4v) is 11.7. The van der Waals surface area contributed by atoms with Gasteiger partial charge in [-0.05, 0) is 138 Å². The Morgan fingerprint density at radius 3 is 1.12 bits per heavy atom. The summed E-state index contributed by atoms with van der Waals surface area (Å²) in [5.74, 6) is 5.80. The fourth-order valence-electron chi connectivity index (χ4n) is 11.7. The van der Waals surface area contributed by atoms with Gasteiger partial charge in [0.15, 0.2) is 0 Å². The van der Waals surface area contributed by atoms with Gasteiger partial charge in [-0.25, -0.2) is 0 Å². The molecule has 0 N–H and O–H groups in total. The van der Waals surface area contributed by atoms with E-state index in [1.54, 1.807) is 0 Å². The zero-order valence-corrected chi connectivity index (χ0v) is 21.6. The summed E-state index contributed by atoms with van der Waals surface area (Å²) in [6.45, 7) is 0. The highest BCUT2D eigenvalue weighted by atomic mass is 16.2. The molecule has 9 fully saturated rings. The van der Waals surface area contributed by atoms with Crippen LogP contribution in [0.2, 0.25) is 0 Å². The molecule has 8 bridgehead atoms. The van der Waals surface area contributed by atoms with E-state index >= 15 is 0 Å². The molecule has 188 valence electrons. The molecule has 4 nitrogen and oxygen atoms in total. The van der Waals surface area contributed by atoms with Crippen molar-refractivity contribution in [1.29, 1.82) is 0 Å². The Balaban J connectivity index is 1.04. The van der Waals surface area contributed by atoms with E-state index < -0.39 is 0 Å². The lowest BCUT2D eigenvalue weighted by Gasteiger charge is -2.57. The lowest BCUT2D eigenvalue weighted by Crippen LogP contribution is -2.58. The van der Waals surface area contributed by atoms with Gasteiger partial charge < -0.3 is 9.80 Å². The maximum absolute atomic E-state index is 14.0. The molecule has 4 heteroatoms. The SMILES string of the molecule is CN(C(=O)C12CC3CC(CC(C3)C1)C2)C1CCCC(N(C)C(=O)C23CC4CC(CC(C4)C2)C3)C1. The Labute approximate surface area is 206 Å². The van der Waals surface area contributed by atoms with Gasteiger partial charge >= 0.3 is 0 Å². The third-order valence-electron chi connectivity index (χ3n) is 12.3. The van der Waals surface area contributed by atoms with Gasteiger partial charge in [0.05, 0.1) is 10.8 Å². The summed E-state index contributed by atoms with van der Waals surface area (Å²) in [5.41, 5.74) is -0.0886. The van der Waals surface area contributed by atoms with Crippen LogP contribution >= 0.6 is 0 Å². The molecule has 0 heterocycles. The summed E-state index contributed by atoms with van der Waals surface area (Å²) in [6, 6.07) is 0.622. The van der Waals surface area contributed by atoms with Gasteiger partial charge in [0.25, 0.3) is 0 Å². The summed E-state index contributed by atoms with van der Waals surface area (Å²) in [7, 11) is 4.21. The van der Waals surface area contributed by atoms with Crippen molar-refractivity contribution in [2.24, 2.45) is 46.3 Å². The summed E-state index contributed by atoms with van der Waals surface area (Å²) >= 11 is 0. The molecule has 9 rings (SSSR count). The van der Waals surface area contributed by atoms with Crippen LogP contribution in [0.15, 0.2) is 0 Å². The first-order chi connectivity index (χ1) is 16.3. The third-order valence-corrected chi connectivity index (χ3v) is 12.3. The van der Waals surface area contributed by atoms with Crippen LogP contribution in [0.3, 0.4) is 0 Å². The average Bonchev–Trinajstić information content (AvgIpc) is 2.80. The molecule has 0 aromatic carbocycles. The number of hydrogen-bond donors (Lipinski definition) is 0. The largest absolute Gasteiger partial charge is 0.342 e. The second kappa shape index (κ2) is 7.72. The first kappa shape index (κ1) is 22.2. The smallest absolute Gasteiger partial charge is 0.228 e. The number of amides is 2. The molecule has 2 atom stereocenters. The van der Waals surface area contributed by atoms with Gasteiger partial charge in [0.2, 0.25) is 11.8 Å². The van der Waals surface area contributed by atoms with E-state index in [4.69, 9.17) is 0 Å². The summed E-state index contributed by atoms with van der Waals surface area (Å²) in [5, 5.41) is 0. The first-order valence-corrected chi connectivity index (χ1v) is 14.9. The minimum Gasteiger partial charge on any atom is -0.342 e. The van der Waals surface area contributed by atoms with Gasteiger partial charge in [0.1, 0.15) is 0 Å². The maximum Gasteiger partial charge on any atom is 0.228 e. The number of rotatable bonds is 4. The second-order valence-electron chi connectivity index (χ2n) is 14.7. The molecule has 0 saturated heterocycles. The number of carbonyl (C=O) groups is 2. The number of carbonyl (C=O) groups excluding carboxylic acids is 2. The van der Waals surface area contributed by atoms with Gasteiger partial charge in [-0.3, -0.25) is 9.59 Å². The average molecular weight is 467 g/mol. The van der Waals surface area contributed by atoms with Crippen molar-refractivity contribution in [1.82, 2.24) is 9.80 Å². The molecule has 0 aromatic rings. The van der Waals surface area contributed by atoms with E-state index in [1.807, 2.05) is 0 Å². The Kier molecular flexibility index (Phi) is 5.03. The molecule has 34 heavy (non-hydrogen) atoms. The van der Waals surface area contributed by atoms with E-state index in [2.05, 4.69) is 23.9 Å². The Hall–Kier alpha value is -1.06. The van der Waals surface area contributed by atoms with Gasteiger partial charge in [-0.2, -0.15) is 0 Å². The zero-order valence-electron chi connectivity index (χ0n) is 21.6. The minimum atomic E-state index is -0.0443. The van der Waals surface area contributed by atoms with Gasteiger partial charge in [0, 0.05) is 26.2 Å². The van der Waals surface area contributed by atoms with Gasteiger partial charge in [-0.15, -0.1) is 0 Å². The summed E-state index contributed by atoms with van der Waals surface area (Å²) < 4.78 is 0. The normalized spacial score (nSPS) is 50.4. The zero-order chi connectivity index (χ0) is 23.2. The van der Waals surface area contributed by atoms with Crippen molar-refractivity contribution in [3.8, 4) is 0 Å². The standard InChI is InChI=1S/C30H46N2O2/c1-31(27(33)29-13-19-6-20(14-29)8-21(7-19)15-29)25-4-3-5-26(12-25)32(2)28(34)30-16-22-9-23(17-30)11-24(10-22)18-30/h19-26H,3-18H2,1-2H3. The number of nitrogens with zero attached hydrogens (tertiary/aromatic N) is 2. The van der Waals surface area contributed by atoms with Crippen molar-refractivity contribution in [2.75, 3.05) is 14.1 Å². The highest BCUT2D eigenvalue weighted by Gasteiger charge is 2.57. The maximum atomic E-state index is 14.0. The van der Waals surface area contributed by atoms with E-state index in [9.17, 15) is 9.59 Å². The second-order valence-corrected chi connectivity index (χ2v) is 14.7. The van der Waals surface area contributed by atoms with Crippen LogP contribution in [0.5, 0.6) is 0 Å². The first-order valence-electron chi connectivity index (χ1n) is 14.9. The van der Waals surface area contributed by atoms with Gasteiger partial charge in [-0.1, -0.05) is 0 Å². The Morgan fingerprint density at radius 1 is 0.529 bits per heavy atom. The van der Waals surface area contributed by atoms with E-state index in [1.165, 1.54) is 38.5 Å². The lowest BCUT2D eigenvalue weighted by atomic mass is 9.49. The topological polar surface area (TPSA) is 40.6 Å². The van der Waals surface area contributed by atoms with Crippen molar-refractivity contribution in [3.63, 3.8) is 0 Å². The molecule has 2 amide bonds. The quantitative estimate of drug-likeness (QED) is 0.537. The highest BCUT2D eigenvalue weighted by molar-refractivity contribution is 5.84. The predicted octanol–water partition coefficient (Wildman–Crippen LogP) is 5.65. The molecule has 0 spiro atoms. The van der Waals surface area contributed by atoms with Crippen LogP contribution in [0, 0.1) is 46.3 Å². The van der Waals surface area contributed by atoms with Crippen molar-refractivity contribution < 1.29 is 9.59 Å². The molecule has 0 aromatic heterocycles. The van der Waals surface area contributed by atoms with E-state index in [0.29, 0.717) is 23.9 Å². The Morgan fingerprint density at radius 2 is 0.824 bits per heavy atom. The summed E-state index contributed by atoms with van der Waals surface area (Å²) in [6.07, 6.45) is 19.6. The van der Waals surface area contributed by atoms with Crippen LogP contribution in [0.1, 0.15) is 103 Å². The van der Waals surface area contributed by atoms with Crippen molar-refractivity contribution in [3.05, 3.63) is 0 Å². The van der Waals surface area contributed by atoms with Crippen LogP contribution in [-0.4, -0.2) is 47.8 Å². The number of hydrogen-bond acceptors (Lipinski definition) is 2. The van der Waals surface area contributed by atoms with Crippen LogP contribution in [0.4, 0.5) is 0 Å². The fraction of sp³-hybridized carbons (Fsp3) is 0.933. The third kappa shape index (κ3) is 3.35. The van der Waals surface area contributed by atoms with E-state index in [-0.39, 0.29) is 10.8 Å². The van der Waals surface area contributed by atoms with Crippen LogP contribution in [-0.2, 0) is 9.59 Å².